The molecule has 29 heavy (non-hydrogen) atoms. The maximum absolute atomic E-state index is 10.4. The molecule has 3 rings (SSSR count). The van der Waals surface area contributed by atoms with Gasteiger partial charge in [-0.25, -0.2) is 4.57 Å². The second-order valence-corrected chi connectivity index (χ2v) is 7.02. The lowest BCUT2D eigenvalue weighted by Crippen LogP contribution is -2.15. The summed E-state index contributed by atoms with van der Waals surface area (Å²) in [5, 5.41) is 38.7. The zero-order valence-electron chi connectivity index (χ0n) is 16.8. The summed E-state index contributed by atoms with van der Waals surface area (Å²) >= 11 is 0. The molecule has 3 aromatic rings. The predicted molar refractivity (Wildman–Crippen MR) is 107 cm³/mol. The number of benzene rings is 2. The normalized spacial score (nSPS) is 12.3. The van der Waals surface area contributed by atoms with Gasteiger partial charge in [0.2, 0.25) is 0 Å². The van der Waals surface area contributed by atoms with Gasteiger partial charge in [0.25, 0.3) is 0 Å². The first-order valence-electron chi connectivity index (χ1n) is 9.21. The van der Waals surface area contributed by atoms with Crippen LogP contribution in [0, 0.1) is 0 Å². The third-order valence-electron chi connectivity index (χ3n) is 4.79. The van der Waals surface area contributed by atoms with Crippen molar-refractivity contribution in [1.29, 1.82) is 0 Å². The minimum absolute atomic E-state index is 0.00351. The number of aromatic hydroxyl groups is 3. The number of rotatable bonds is 7. The Kier molecular flexibility index (Phi) is 5.93. The molecular weight excluding hydrogens is 374 g/mol. The van der Waals surface area contributed by atoms with Crippen molar-refractivity contribution in [2.75, 3.05) is 14.2 Å². The molecule has 8 nitrogen and oxygen atoms in total. The summed E-state index contributed by atoms with van der Waals surface area (Å²) < 4.78 is 12.3. The number of hydrogen-bond donors (Lipinski definition) is 3. The van der Waals surface area contributed by atoms with E-state index in [4.69, 9.17) is 9.47 Å². The molecule has 1 heterocycles. The Bertz CT molecular complexity index is 1000. The van der Waals surface area contributed by atoms with Crippen molar-refractivity contribution in [3.63, 3.8) is 0 Å². The fourth-order valence-electron chi connectivity index (χ4n) is 3.25. The molecule has 0 saturated carbocycles. The average molecular weight is 399 g/mol. The number of ether oxygens (including phenoxy) is 2. The zero-order valence-corrected chi connectivity index (χ0v) is 16.8. The largest absolute Gasteiger partial charge is 0.508 e. The van der Waals surface area contributed by atoms with Gasteiger partial charge in [0.1, 0.15) is 23.5 Å². The molecule has 1 aromatic heterocycles. The number of methoxy groups -OCH3 is 2. The molecule has 8 heteroatoms. The van der Waals surface area contributed by atoms with Crippen molar-refractivity contribution >= 4 is 0 Å². The van der Waals surface area contributed by atoms with Crippen LogP contribution in [0.25, 0.3) is 11.4 Å². The molecule has 0 saturated heterocycles. The van der Waals surface area contributed by atoms with Crippen molar-refractivity contribution in [1.82, 2.24) is 14.8 Å². The summed E-state index contributed by atoms with van der Waals surface area (Å²) in [6, 6.07) is 10.1. The predicted octanol–water partition coefficient (Wildman–Crippen LogP) is 3.58. The Morgan fingerprint density at radius 2 is 1.76 bits per heavy atom. The lowest BCUT2D eigenvalue weighted by Gasteiger charge is -2.20. The Morgan fingerprint density at radius 3 is 2.41 bits per heavy atom. The van der Waals surface area contributed by atoms with E-state index in [-0.39, 0.29) is 29.3 Å². The maximum atomic E-state index is 10.4. The fourth-order valence-corrected chi connectivity index (χ4v) is 3.25. The van der Waals surface area contributed by atoms with Gasteiger partial charge in [-0.05, 0) is 35.2 Å². The van der Waals surface area contributed by atoms with Crippen LogP contribution in [0.1, 0.15) is 37.1 Å². The van der Waals surface area contributed by atoms with Crippen LogP contribution in [0.2, 0.25) is 0 Å². The van der Waals surface area contributed by atoms with E-state index in [9.17, 15) is 15.3 Å². The van der Waals surface area contributed by atoms with Crippen molar-refractivity contribution in [3.05, 3.63) is 47.5 Å². The summed E-state index contributed by atoms with van der Waals surface area (Å²) in [6.45, 7) is 3.86. The first-order valence-corrected chi connectivity index (χ1v) is 9.21. The topological polar surface area (TPSA) is 110 Å². The second kappa shape index (κ2) is 8.40. The highest BCUT2D eigenvalue weighted by molar-refractivity contribution is 5.68. The summed E-state index contributed by atoms with van der Waals surface area (Å²) in [6.07, 6.45) is -0.231. The third kappa shape index (κ3) is 4.12. The van der Waals surface area contributed by atoms with E-state index in [1.807, 2.05) is 38.1 Å². The number of aromatic nitrogens is 3. The lowest BCUT2D eigenvalue weighted by molar-refractivity contribution is 0.0395. The average Bonchev–Trinajstić information content (AvgIpc) is 3.07. The molecule has 1 unspecified atom stereocenters. The highest BCUT2D eigenvalue weighted by Crippen LogP contribution is 2.39. The van der Waals surface area contributed by atoms with Gasteiger partial charge in [-0.3, -0.25) is 0 Å². The second-order valence-electron chi connectivity index (χ2n) is 7.02. The quantitative estimate of drug-likeness (QED) is 0.557. The Labute approximate surface area is 169 Å². The molecule has 154 valence electrons. The van der Waals surface area contributed by atoms with Crippen LogP contribution in [-0.2, 0) is 11.2 Å². The van der Waals surface area contributed by atoms with Gasteiger partial charge in [-0.2, -0.15) is 0 Å². The first-order chi connectivity index (χ1) is 13.8. The van der Waals surface area contributed by atoms with Crippen molar-refractivity contribution in [3.8, 4) is 34.6 Å². The Balaban J connectivity index is 2.06. The van der Waals surface area contributed by atoms with Crippen LogP contribution in [0.15, 0.2) is 36.4 Å². The van der Waals surface area contributed by atoms with Crippen molar-refractivity contribution < 1.29 is 24.8 Å². The summed E-state index contributed by atoms with van der Waals surface area (Å²) in [5.41, 5.74) is 1.91. The van der Waals surface area contributed by atoms with Gasteiger partial charge in [0, 0.05) is 19.6 Å². The highest BCUT2D eigenvalue weighted by atomic mass is 16.5. The van der Waals surface area contributed by atoms with Gasteiger partial charge in [0.05, 0.1) is 12.7 Å². The van der Waals surface area contributed by atoms with Gasteiger partial charge in [-0.15, -0.1) is 5.10 Å². The van der Waals surface area contributed by atoms with E-state index in [0.29, 0.717) is 23.3 Å². The van der Waals surface area contributed by atoms with Crippen LogP contribution in [0.5, 0.6) is 23.3 Å². The third-order valence-corrected chi connectivity index (χ3v) is 4.79. The first kappa shape index (κ1) is 20.5. The monoisotopic (exact) mass is 399 g/mol. The lowest BCUT2D eigenvalue weighted by atomic mass is 9.98. The summed E-state index contributed by atoms with van der Waals surface area (Å²) in [7, 11) is 3.11. The Morgan fingerprint density at radius 1 is 1.00 bits per heavy atom. The van der Waals surface area contributed by atoms with Gasteiger partial charge in [0.15, 0.2) is 5.82 Å². The number of phenols is 2. The summed E-state index contributed by atoms with van der Waals surface area (Å²) in [4.78, 5) is 0. The molecule has 0 bridgehead atoms. The molecule has 0 aliphatic carbocycles. The van der Waals surface area contributed by atoms with E-state index in [2.05, 4.69) is 10.2 Å². The molecule has 3 N–H and O–H groups in total. The van der Waals surface area contributed by atoms with E-state index >= 15 is 0 Å². The fraction of sp³-hybridized carbons (Fsp3) is 0.333. The molecule has 0 spiro atoms. The standard InChI is InChI=1S/C21H25N3O5/c1-12(2)15-10-16(18(26)11-17(15)25)20-22-23-21(27)24(20)19(29-4)9-13-6-5-7-14(8-13)28-3/h5-8,10-12,19,25-26H,9H2,1-4H3,(H,23,27). The summed E-state index contributed by atoms with van der Waals surface area (Å²) in [5.74, 6) is 0.794. The van der Waals surface area contributed by atoms with E-state index in [1.165, 1.54) is 17.7 Å². The van der Waals surface area contributed by atoms with E-state index in [1.54, 1.807) is 13.2 Å². The maximum Gasteiger partial charge on any atom is 0.316 e. The molecule has 0 fully saturated rings. The highest BCUT2D eigenvalue weighted by Gasteiger charge is 2.25. The van der Waals surface area contributed by atoms with Gasteiger partial charge >= 0.3 is 6.01 Å². The van der Waals surface area contributed by atoms with Crippen LogP contribution >= 0.6 is 0 Å². The molecule has 0 radical (unpaired) electrons. The molecular formula is C21H25N3O5. The van der Waals surface area contributed by atoms with Crippen molar-refractivity contribution in [2.45, 2.75) is 32.4 Å². The van der Waals surface area contributed by atoms with E-state index in [0.717, 1.165) is 5.56 Å². The van der Waals surface area contributed by atoms with Crippen molar-refractivity contribution in [2.24, 2.45) is 0 Å². The smallest absolute Gasteiger partial charge is 0.316 e. The van der Waals surface area contributed by atoms with Gasteiger partial charge in [-0.1, -0.05) is 31.1 Å². The Hall–Kier alpha value is -3.26. The van der Waals surface area contributed by atoms with E-state index < -0.39 is 6.23 Å². The number of phenolic OH excluding ortho intramolecular Hbond substituents is 2. The van der Waals surface area contributed by atoms with Crippen LogP contribution in [-0.4, -0.2) is 44.3 Å². The number of nitrogens with zero attached hydrogens (tertiary/aromatic N) is 3. The molecule has 1 atom stereocenters. The zero-order chi connectivity index (χ0) is 21.1. The molecule has 0 aliphatic rings. The molecule has 2 aromatic carbocycles. The molecule has 0 amide bonds. The molecule has 0 aliphatic heterocycles. The minimum Gasteiger partial charge on any atom is -0.508 e. The minimum atomic E-state index is -0.636. The van der Waals surface area contributed by atoms with Crippen LogP contribution in [0.4, 0.5) is 0 Å². The van der Waals surface area contributed by atoms with Gasteiger partial charge < -0.3 is 24.8 Å². The number of hydrogen-bond acceptors (Lipinski definition) is 7. The van der Waals surface area contributed by atoms with Crippen LogP contribution < -0.4 is 4.74 Å². The van der Waals surface area contributed by atoms with Crippen LogP contribution in [0.3, 0.4) is 0 Å². The SMILES string of the molecule is COc1cccc(CC(OC)n2c(O)nnc2-c2cc(C(C)C)c(O)cc2O)c1.